The molecule has 1 saturated heterocycles. The highest BCUT2D eigenvalue weighted by atomic mass is 32.1. The van der Waals surface area contributed by atoms with Crippen LogP contribution in [0.1, 0.15) is 60.4 Å². The van der Waals surface area contributed by atoms with Gasteiger partial charge in [-0.25, -0.2) is 0 Å². The number of rotatable bonds is 6. The zero-order valence-electron chi connectivity index (χ0n) is 16.5. The van der Waals surface area contributed by atoms with E-state index in [-0.39, 0.29) is 35.6 Å². The second-order valence-electron chi connectivity index (χ2n) is 7.17. The summed E-state index contributed by atoms with van der Waals surface area (Å²) in [5.74, 6) is 1.15. The molecule has 1 atom stereocenters. The lowest BCUT2D eigenvalue weighted by Crippen LogP contribution is -2.35. The zero-order chi connectivity index (χ0) is 20.4. The fourth-order valence-electron chi connectivity index (χ4n) is 3.78. The van der Waals surface area contributed by atoms with E-state index < -0.39 is 0 Å². The van der Waals surface area contributed by atoms with E-state index in [0.717, 1.165) is 37.2 Å². The molecular formula is C20H24N4O4S. The normalized spacial score (nSPS) is 17.8. The summed E-state index contributed by atoms with van der Waals surface area (Å²) in [6, 6.07) is 5.13. The van der Waals surface area contributed by atoms with Gasteiger partial charge in [-0.2, -0.15) is 0 Å². The second-order valence-corrected chi connectivity index (χ2v) is 8.18. The Morgan fingerprint density at radius 2 is 2.03 bits per heavy atom. The van der Waals surface area contributed by atoms with Crippen molar-refractivity contribution < 1.29 is 19.1 Å². The maximum absolute atomic E-state index is 12.8. The van der Waals surface area contributed by atoms with Crippen LogP contribution in [0.3, 0.4) is 0 Å². The predicted octanol–water partition coefficient (Wildman–Crippen LogP) is 3.62. The second kappa shape index (κ2) is 8.36. The first kappa shape index (κ1) is 19.6. The van der Waals surface area contributed by atoms with Gasteiger partial charge in [0, 0.05) is 24.2 Å². The molecule has 154 valence electrons. The number of aromatic nitrogens is 2. The van der Waals surface area contributed by atoms with E-state index in [2.05, 4.69) is 15.5 Å². The Hall–Kier alpha value is -2.68. The monoisotopic (exact) mass is 416 g/mol. The molecule has 1 fully saturated rings. The average molecular weight is 417 g/mol. The quantitative estimate of drug-likeness (QED) is 0.773. The fourth-order valence-corrected chi connectivity index (χ4v) is 4.67. The molecule has 0 radical (unpaired) electrons. The van der Waals surface area contributed by atoms with Crippen molar-refractivity contribution in [2.45, 2.75) is 45.6 Å². The Bertz CT molecular complexity index is 912. The minimum absolute atomic E-state index is 0.0392. The van der Waals surface area contributed by atoms with Crippen molar-refractivity contribution in [3.63, 3.8) is 0 Å². The number of amides is 2. The van der Waals surface area contributed by atoms with Gasteiger partial charge in [0.1, 0.15) is 5.01 Å². The summed E-state index contributed by atoms with van der Waals surface area (Å²) in [6.07, 6.45) is 3.45. The summed E-state index contributed by atoms with van der Waals surface area (Å²) in [5, 5.41) is 12.1. The average Bonchev–Trinajstić information content (AvgIpc) is 3.47. The van der Waals surface area contributed by atoms with E-state index in [0.29, 0.717) is 17.2 Å². The van der Waals surface area contributed by atoms with Crippen molar-refractivity contribution in [3.05, 3.63) is 28.2 Å². The summed E-state index contributed by atoms with van der Waals surface area (Å²) in [5.41, 5.74) is 0.599. The standard InChI is InChI=1S/C20H24N4O4S/c1-3-12(4-2)20(26)24-9-5-6-14(24)18-22-23-19(29-18)17(25)21-13-7-8-15-16(10-13)28-11-27-15/h7-8,10,12,14H,3-6,9,11H2,1-2H3,(H,21,25)/t14-/m1/s1. The van der Waals surface area contributed by atoms with Crippen molar-refractivity contribution in [2.75, 3.05) is 18.7 Å². The van der Waals surface area contributed by atoms with E-state index in [1.165, 1.54) is 11.3 Å². The Kier molecular flexibility index (Phi) is 5.66. The van der Waals surface area contributed by atoms with E-state index in [1.54, 1.807) is 18.2 Å². The minimum Gasteiger partial charge on any atom is -0.454 e. The van der Waals surface area contributed by atoms with Crippen LogP contribution in [0, 0.1) is 5.92 Å². The first-order valence-corrected chi connectivity index (χ1v) is 10.8. The molecule has 0 saturated carbocycles. The maximum atomic E-state index is 12.8. The Balaban J connectivity index is 1.46. The van der Waals surface area contributed by atoms with Gasteiger partial charge in [0.2, 0.25) is 17.7 Å². The van der Waals surface area contributed by atoms with E-state index in [1.807, 2.05) is 18.7 Å². The van der Waals surface area contributed by atoms with Gasteiger partial charge in [0.05, 0.1) is 6.04 Å². The van der Waals surface area contributed by atoms with Gasteiger partial charge in [0.15, 0.2) is 11.5 Å². The molecule has 4 rings (SSSR count). The van der Waals surface area contributed by atoms with Crippen LogP contribution in [-0.2, 0) is 4.79 Å². The zero-order valence-corrected chi connectivity index (χ0v) is 17.3. The van der Waals surface area contributed by atoms with Gasteiger partial charge in [0.25, 0.3) is 5.91 Å². The Morgan fingerprint density at radius 1 is 1.24 bits per heavy atom. The maximum Gasteiger partial charge on any atom is 0.286 e. The highest BCUT2D eigenvalue weighted by Gasteiger charge is 2.35. The lowest BCUT2D eigenvalue weighted by Gasteiger charge is -2.26. The summed E-state index contributed by atoms with van der Waals surface area (Å²) >= 11 is 1.25. The molecule has 2 aliphatic heterocycles. The highest BCUT2D eigenvalue weighted by molar-refractivity contribution is 7.13. The number of carbonyl (C=O) groups excluding carboxylic acids is 2. The van der Waals surface area contributed by atoms with Crippen molar-refractivity contribution in [2.24, 2.45) is 5.92 Å². The molecule has 0 aliphatic carbocycles. The topological polar surface area (TPSA) is 93.7 Å². The third-order valence-electron chi connectivity index (χ3n) is 5.42. The molecule has 2 amide bonds. The molecule has 1 aromatic heterocycles. The summed E-state index contributed by atoms with van der Waals surface area (Å²) in [6.45, 7) is 5.00. The van der Waals surface area contributed by atoms with Crippen LogP contribution in [-0.4, -0.2) is 40.2 Å². The van der Waals surface area contributed by atoms with Gasteiger partial charge in [-0.15, -0.1) is 10.2 Å². The van der Waals surface area contributed by atoms with Crippen LogP contribution >= 0.6 is 11.3 Å². The molecule has 29 heavy (non-hydrogen) atoms. The first-order valence-electron chi connectivity index (χ1n) is 9.95. The molecule has 9 heteroatoms. The van der Waals surface area contributed by atoms with Crippen molar-refractivity contribution in [1.29, 1.82) is 0 Å². The molecule has 2 aromatic rings. The third-order valence-corrected chi connectivity index (χ3v) is 6.44. The minimum atomic E-state index is -0.330. The number of likely N-dealkylation sites (tertiary alicyclic amines) is 1. The van der Waals surface area contributed by atoms with Crippen LogP contribution in [0.5, 0.6) is 11.5 Å². The Morgan fingerprint density at radius 3 is 2.83 bits per heavy atom. The predicted molar refractivity (Wildman–Crippen MR) is 108 cm³/mol. The van der Waals surface area contributed by atoms with Crippen LogP contribution in [0.25, 0.3) is 0 Å². The summed E-state index contributed by atoms with van der Waals surface area (Å²) in [4.78, 5) is 27.4. The number of hydrogen-bond acceptors (Lipinski definition) is 7. The van der Waals surface area contributed by atoms with Gasteiger partial charge >= 0.3 is 0 Å². The van der Waals surface area contributed by atoms with Crippen LogP contribution in [0.4, 0.5) is 5.69 Å². The smallest absolute Gasteiger partial charge is 0.286 e. The molecule has 2 aliphatic rings. The van der Waals surface area contributed by atoms with Crippen LogP contribution in [0.15, 0.2) is 18.2 Å². The number of benzene rings is 1. The highest BCUT2D eigenvalue weighted by Crippen LogP contribution is 2.36. The molecule has 8 nitrogen and oxygen atoms in total. The SMILES string of the molecule is CCC(CC)C(=O)N1CCC[C@@H]1c1nnc(C(=O)Nc2ccc3c(c2)OCO3)s1. The van der Waals surface area contributed by atoms with Gasteiger partial charge in [-0.3, -0.25) is 9.59 Å². The number of ether oxygens (including phenoxy) is 2. The van der Waals surface area contributed by atoms with Crippen molar-refractivity contribution in [3.8, 4) is 11.5 Å². The van der Waals surface area contributed by atoms with Crippen molar-refractivity contribution >= 4 is 28.8 Å². The molecule has 1 aromatic carbocycles. The molecule has 1 N–H and O–H groups in total. The van der Waals surface area contributed by atoms with E-state index in [9.17, 15) is 9.59 Å². The molecule has 0 unspecified atom stereocenters. The third kappa shape index (κ3) is 3.91. The number of carbonyl (C=O) groups is 2. The van der Waals surface area contributed by atoms with E-state index in [4.69, 9.17) is 9.47 Å². The number of anilines is 1. The van der Waals surface area contributed by atoms with Gasteiger partial charge in [-0.05, 0) is 37.8 Å². The number of fused-ring (bicyclic) bond motifs is 1. The lowest BCUT2D eigenvalue weighted by molar-refractivity contribution is -0.136. The first-order chi connectivity index (χ1) is 14.1. The van der Waals surface area contributed by atoms with Crippen LogP contribution in [0.2, 0.25) is 0 Å². The van der Waals surface area contributed by atoms with Crippen LogP contribution < -0.4 is 14.8 Å². The summed E-state index contributed by atoms with van der Waals surface area (Å²) < 4.78 is 10.6. The largest absolute Gasteiger partial charge is 0.454 e. The Labute approximate surface area is 173 Å². The lowest BCUT2D eigenvalue weighted by atomic mass is 10.0. The molecule has 3 heterocycles. The van der Waals surface area contributed by atoms with Gasteiger partial charge in [-0.1, -0.05) is 25.2 Å². The van der Waals surface area contributed by atoms with Crippen molar-refractivity contribution in [1.82, 2.24) is 15.1 Å². The van der Waals surface area contributed by atoms with Gasteiger partial charge < -0.3 is 19.7 Å². The van der Waals surface area contributed by atoms with E-state index >= 15 is 0 Å². The summed E-state index contributed by atoms with van der Waals surface area (Å²) in [7, 11) is 0. The fraction of sp³-hybridized carbons (Fsp3) is 0.500. The number of hydrogen-bond donors (Lipinski definition) is 1. The number of nitrogens with one attached hydrogen (secondary N) is 1. The number of nitrogens with zero attached hydrogens (tertiary/aromatic N) is 3. The molecule has 0 bridgehead atoms. The molecule has 0 spiro atoms. The molecular weight excluding hydrogens is 392 g/mol.